The summed E-state index contributed by atoms with van der Waals surface area (Å²) in [7, 11) is 0. The summed E-state index contributed by atoms with van der Waals surface area (Å²) < 4.78 is 5.75. The van der Waals surface area contributed by atoms with E-state index in [1.165, 1.54) is 0 Å². The zero-order chi connectivity index (χ0) is 16.8. The van der Waals surface area contributed by atoms with Crippen LogP contribution >= 0.6 is 0 Å². The molecule has 1 atom stereocenters. The molecular weight excluding hydrogens is 300 g/mol. The molecule has 0 aliphatic rings. The van der Waals surface area contributed by atoms with Crippen molar-refractivity contribution < 1.29 is 14.6 Å². The van der Waals surface area contributed by atoms with Crippen LogP contribution in [0.4, 0.5) is 0 Å². The molecule has 3 aromatic carbocycles. The lowest BCUT2D eigenvalue weighted by molar-refractivity contribution is 0.0297. The molecule has 0 saturated carbocycles. The van der Waals surface area contributed by atoms with Crippen molar-refractivity contribution in [2.45, 2.75) is 12.5 Å². The first-order valence-corrected chi connectivity index (χ1v) is 7.81. The highest BCUT2D eigenvalue weighted by Crippen LogP contribution is 2.25. The molecule has 0 fully saturated rings. The summed E-state index contributed by atoms with van der Waals surface area (Å²) in [6.45, 7) is 0. The van der Waals surface area contributed by atoms with E-state index in [1.54, 1.807) is 36.4 Å². The Labute approximate surface area is 141 Å². The van der Waals surface area contributed by atoms with Crippen molar-refractivity contribution >= 4 is 5.97 Å². The third kappa shape index (κ3) is 4.02. The lowest BCUT2D eigenvalue weighted by Crippen LogP contribution is -2.14. The molecule has 0 bridgehead atoms. The van der Waals surface area contributed by atoms with E-state index >= 15 is 0 Å². The van der Waals surface area contributed by atoms with Gasteiger partial charge in [-0.1, -0.05) is 60.7 Å². The minimum atomic E-state index is -0.416. The molecule has 0 saturated heterocycles. The van der Waals surface area contributed by atoms with Crippen LogP contribution < -0.4 is 0 Å². The summed E-state index contributed by atoms with van der Waals surface area (Å²) in [5, 5.41) is 9.48. The van der Waals surface area contributed by atoms with E-state index in [4.69, 9.17) is 4.74 Å². The van der Waals surface area contributed by atoms with Crippen LogP contribution in [0.1, 0.15) is 27.6 Å². The Kier molecular flexibility index (Phi) is 4.92. The van der Waals surface area contributed by atoms with Crippen LogP contribution in [0.25, 0.3) is 0 Å². The molecule has 0 heterocycles. The van der Waals surface area contributed by atoms with Gasteiger partial charge in [0.05, 0.1) is 5.56 Å². The number of ether oxygens (including phenoxy) is 1. The smallest absolute Gasteiger partial charge is 0.338 e. The number of carbonyl (C=O) groups excluding carboxylic acids is 1. The van der Waals surface area contributed by atoms with Gasteiger partial charge in [-0.15, -0.1) is 0 Å². The van der Waals surface area contributed by atoms with E-state index in [2.05, 4.69) is 0 Å². The van der Waals surface area contributed by atoms with E-state index in [1.807, 2.05) is 48.5 Å². The molecule has 3 heteroatoms. The first-order valence-electron chi connectivity index (χ1n) is 7.81. The molecule has 0 aliphatic carbocycles. The molecule has 120 valence electrons. The summed E-state index contributed by atoms with van der Waals surface area (Å²) >= 11 is 0. The number of aromatic hydroxyl groups is 1. The number of benzene rings is 3. The maximum Gasteiger partial charge on any atom is 0.338 e. The number of hydrogen-bond acceptors (Lipinski definition) is 3. The molecule has 3 aromatic rings. The third-order valence-electron chi connectivity index (χ3n) is 3.79. The lowest BCUT2D eigenvalue weighted by atomic mass is 10.0. The maximum absolute atomic E-state index is 12.4. The van der Waals surface area contributed by atoms with Gasteiger partial charge in [-0.05, 0) is 35.4 Å². The quantitative estimate of drug-likeness (QED) is 0.703. The molecule has 0 aromatic heterocycles. The van der Waals surface area contributed by atoms with Gasteiger partial charge in [-0.3, -0.25) is 0 Å². The van der Waals surface area contributed by atoms with E-state index in [0.717, 1.165) is 11.1 Å². The Bertz CT molecular complexity index is 780. The van der Waals surface area contributed by atoms with E-state index in [-0.39, 0.29) is 11.7 Å². The van der Waals surface area contributed by atoms with Gasteiger partial charge in [0.2, 0.25) is 0 Å². The van der Waals surface area contributed by atoms with Gasteiger partial charge in [0.15, 0.2) is 0 Å². The zero-order valence-corrected chi connectivity index (χ0v) is 13.1. The number of phenols is 1. The van der Waals surface area contributed by atoms with Gasteiger partial charge in [-0.2, -0.15) is 0 Å². The molecule has 3 rings (SSSR count). The molecule has 0 amide bonds. The van der Waals surface area contributed by atoms with Gasteiger partial charge in [0.1, 0.15) is 11.9 Å². The second-order valence-corrected chi connectivity index (χ2v) is 5.54. The van der Waals surface area contributed by atoms with E-state index in [0.29, 0.717) is 12.0 Å². The van der Waals surface area contributed by atoms with Gasteiger partial charge in [0.25, 0.3) is 0 Å². The maximum atomic E-state index is 12.4. The standard InChI is InChI=1S/C21H18O3/c22-19-13-11-17(12-14-19)20(15-16-7-3-1-4-8-16)24-21(23)18-9-5-2-6-10-18/h1-14,20,22H,15H2. The van der Waals surface area contributed by atoms with Crippen molar-refractivity contribution in [3.05, 3.63) is 102 Å². The average molecular weight is 318 g/mol. The third-order valence-corrected chi connectivity index (χ3v) is 3.79. The topological polar surface area (TPSA) is 46.5 Å². The van der Waals surface area contributed by atoms with Crippen LogP contribution in [-0.4, -0.2) is 11.1 Å². The predicted molar refractivity (Wildman–Crippen MR) is 92.9 cm³/mol. The highest BCUT2D eigenvalue weighted by molar-refractivity contribution is 5.89. The first-order chi connectivity index (χ1) is 11.7. The van der Waals surface area contributed by atoms with Crippen LogP contribution in [-0.2, 0) is 11.2 Å². The average Bonchev–Trinajstić information content (AvgIpc) is 2.63. The molecule has 0 spiro atoms. The fraction of sp³-hybridized carbons (Fsp3) is 0.0952. The lowest BCUT2D eigenvalue weighted by Gasteiger charge is -2.19. The number of phenolic OH excluding ortho intramolecular Hbond substituents is 1. The zero-order valence-electron chi connectivity index (χ0n) is 13.1. The first kappa shape index (κ1) is 15.8. The van der Waals surface area contributed by atoms with Gasteiger partial charge >= 0.3 is 5.97 Å². The van der Waals surface area contributed by atoms with Crippen LogP contribution in [0.15, 0.2) is 84.9 Å². The largest absolute Gasteiger partial charge is 0.508 e. The minimum absolute atomic E-state index is 0.187. The summed E-state index contributed by atoms with van der Waals surface area (Å²) in [5.41, 5.74) is 2.45. The van der Waals surface area contributed by atoms with Crippen LogP contribution in [0.5, 0.6) is 5.75 Å². The number of carbonyl (C=O) groups is 1. The highest BCUT2D eigenvalue weighted by Gasteiger charge is 2.18. The summed E-state index contributed by atoms with van der Waals surface area (Å²) in [5.74, 6) is -0.170. The Balaban J connectivity index is 1.84. The SMILES string of the molecule is O=C(OC(Cc1ccccc1)c1ccc(O)cc1)c1ccccc1. The second-order valence-electron chi connectivity index (χ2n) is 5.54. The predicted octanol–water partition coefficient (Wildman–Crippen LogP) is 4.53. The Morgan fingerprint density at radius 3 is 2.04 bits per heavy atom. The molecule has 3 nitrogen and oxygen atoms in total. The monoisotopic (exact) mass is 318 g/mol. The summed E-state index contributed by atoms with van der Waals surface area (Å²) in [6.07, 6.45) is 0.158. The van der Waals surface area contributed by atoms with Crippen molar-refractivity contribution in [1.29, 1.82) is 0 Å². The van der Waals surface area contributed by atoms with Gasteiger partial charge in [0, 0.05) is 6.42 Å². The number of esters is 1. The van der Waals surface area contributed by atoms with Crippen molar-refractivity contribution in [3.63, 3.8) is 0 Å². The Morgan fingerprint density at radius 2 is 1.42 bits per heavy atom. The van der Waals surface area contributed by atoms with E-state index < -0.39 is 6.10 Å². The van der Waals surface area contributed by atoms with Crippen LogP contribution in [0, 0.1) is 0 Å². The molecule has 1 unspecified atom stereocenters. The van der Waals surface area contributed by atoms with Crippen molar-refractivity contribution in [2.75, 3.05) is 0 Å². The molecule has 0 aliphatic heterocycles. The highest BCUT2D eigenvalue weighted by atomic mass is 16.5. The molecular formula is C21H18O3. The Hall–Kier alpha value is -3.07. The second kappa shape index (κ2) is 7.47. The van der Waals surface area contributed by atoms with Crippen molar-refractivity contribution in [3.8, 4) is 5.75 Å². The molecule has 1 N–H and O–H groups in total. The molecule has 24 heavy (non-hydrogen) atoms. The fourth-order valence-corrected chi connectivity index (χ4v) is 2.52. The summed E-state index contributed by atoms with van der Waals surface area (Å²) in [4.78, 5) is 12.4. The normalized spacial score (nSPS) is 11.7. The van der Waals surface area contributed by atoms with Crippen LogP contribution in [0.3, 0.4) is 0 Å². The minimum Gasteiger partial charge on any atom is -0.508 e. The van der Waals surface area contributed by atoms with Gasteiger partial charge < -0.3 is 9.84 Å². The van der Waals surface area contributed by atoms with Crippen LogP contribution in [0.2, 0.25) is 0 Å². The Morgan fingerprint density at radius 1 is 0.833 bits per heavy atom. The van der Waals surface area contributed by atoms with Gasteiger partial charge in [-0.25, -0.2) is 4.79 Å². The number of hydrogen-bond donors (Lipinski definition) is 1. The molecule has 0 radical (unpaired) electrons. The fourth-order valence-electron chi connectivity index (χ4n) is 2.52. The van der Waals surface area contributed by atoms with E-state index in [9.17, 15) is 9.90 Å². The summed E-state index contributed by atoms with van der Waals surface area (Å²) in [6, 6.07) is 25.6. The number of rotatable bonds is 5. The van der Waals surface area contributed by atoms with Crippen molar-refractivity contribution in [1.82, 2.24) is 0 Å². The van der Waals surface area contributed by atoms with Crippen molar-refractivity contribution in [2.24, 2.45) is 0 Å².